The molecule has 0 amide bonds. The van der Waals surface area contributed by atoms with Crippen LogP contribution in [0, 0.1) is 38.9 Å². The van der Waals surface area contributed by atoms with Crippen molar-refractivity contribution in [2.24, 2.45) is 38.9 Å². The van der Waals surface area contributed by atoms with Crippen LogP contribution in [0.4, 0.5) is 0 Å². The molecule has 4 bridgehead atoms. The summed E-state index contributed by atoms with van der Waals surface area (Å²) in [6.07, 6.45) is 11.3. The van der Waals surface area contributed by atoms with Gasteiger partial charge >= 0.3 is 11.9 Å². The van der Waals surface area contributed by atoms with E-state index in [9.17, 15) is 9.59 Å². The molecule has 40 heavy (non-hydrogen) atoms. The van der Waals surface area contributed by atoms with Crippen molar-refractivity contribution in [2.75, 3.05) is 0 Å². The zero-order valence-electron chi connectivity index (χ0n) is 25.9. The van der Waals surface area contributed by atoms with Crippen LogP contribution < -0.4 is 0 Å². The molecule has 7 rings (SSSR count). The number of carbonyl (C=O) groups excluding carboxylic acids is 2. The molecule has 216 valence electrons. The van der Waals surface area contributed by atoms with Crippen LogP contribution in [0.25, 0.3) is 0 Å². The van der Waals surface area contributed by atoms with E-state index in [1.807, 2.05) is 24.3 Å². The predicted molar refractivity (Wildman–Crippen MR) is 156 cm³/mol. The lowest BCUT2D eigenvalue weighted by molar-refractivity contribution is -0.166. The van der Waals surface area contributed by atoms with Crippen LogP contribution in [0.1, 0.15) is 117 Å². The van der Waals surface area contributed by atoms with E-state index in [0.29, 0.717) is 11.8 Å². The van der Waals surface area contributed by atoms with E-state index in [0.717, 1.165) is 48.8 Å². The minimum atomic E-state index is -0.890. The highest BCUT2D eigenvalue weighted by atomic mass is 16.6. The smallest absolute Gasteiger partial charge is 0.321 e. The quantitative estimate of drug-likeness (QED) is 0.288. The van der Waals surface area contributed by atoms with Crippen LogP contribution in [0.2, 0.25) is 0 Å². The lowest BCUT2D eigenvalue weighted by Crippen LogP contribution is -2.50. The highest BCUT2D eigenvalue weighted by Crippen LogP contribution is 2.68. The summed E-state index contributed by atoms with van der Waals surface area (Å²) in [5.74, 6) is 0.413. The summed E-state index contributed by atoms with van der Waals surface area (Å²) in [4.78, 5) is 28.4. The van der Waals surface area contributed by atoms with Gasteiger partial charge in [-0.15, -0.1) is 0 Å². The van der Waals surface area contributed by atoms with E-state index in [2.05, 4.69) is 61.5 Å². The minimum Gasteiger partial charge on any atom is -0.461 e. The maximum atomic E-state index is 14.5. The average Bonchev–Trinajstić information content (AvgIpc) is 3.48. The third kappa shape index (κ3) is 2.94. The molecule has 0 N–H and O–H groups in total. The molecule has 0 radical (unpaired) electrons. The number of hydrogen-bond acceptors (Lipinski definition) is 4. The Morgan fingerprint density at radius 2 is 1.38 bits per heavy atom. The third-order valence-corrected chi connectivity index (χ3v) is 14.7. The van der Waals surface area contributed by atoms with Gasteiger partial charge in [0.1, 0.15) is 23.5 Å². The Morgan fingerprint density at radius 3 is 1.90 bits per heavy atom. The van der Waals surface area contributed by atoms with Gasteiger partial charge in [-0.1, -0.05) is 85.7 Å². The van der Waals surface area contributed by atoms with Crippen LogP contribution in [0.15, 0.2) is 30.4 Å². The van der Waals surface area contributed by atoms with Crippen LogP contribution >= 0.6 is 0 Å². The summed E-state index contributed by atoms with van der Waals surface area (Å²) in [6, 6.07) is 6.23. The second-order valence-electron chi connectivity index (χ2n) is 16.6. The maximum Gasteiger partial charge on any atom is 0.321 e. The Hall–Kier alpha value is -2.10. The van der Waals surface area contributed by atoms with Crippen LogP contribution in [0.3, 0.4) is 0 Å². The number of carbonyl (C=O) groups is 2. The van der Waals surface area contributed by atoms with Gasteiger partial charge in [0.2, 0.25) is 0 Å². The molecule has 8 atom stereocenters. The fourth-order valence-electron chi connectivity index (χ4n) is 10.8. The van der Waals surface area contributed by atoms with E-state index in [-0.39, 0.29) is 51.2 Å². The van der Waals surface area contributed by atoms with Gasteiger partial charge in [-0.3, -0.25) is 9.59 Å². The number of fused-ring (bicyclic) bond motifs is 4. The molecular weight excluding hydrogens is 496 g/mol. The minimum absolute atomic E-state index is 0.00430. The number of rotatable bonds is 4. The summed E-state index contributed by atoms with van der Waals surface area (Å²) in [5.41, 5.74) is 2.22. The third-order valence-electron chi connectivity index (χ3n) is 14.7. The molecule has 6 aliphatic rings. The largest absolute Gasteiger partial charge is 0.461 e. The van der Waals surface area contributed by atoms with E-state index >= 15 is 0 Å². The van der Waals surface area contributed by atoms with E-state index in [4.69, 9.17) is 9.47 Å². The first-order valence-electron chi connectivity index (χ1n) is 15.8. The first kappa shape index (κ1) is 26.8. The summed E-state index contributed by atoms with van der Waals surface area (Å²) in [7, 11) is 0. The molecule has 0 aromatic heterocycles. The summed E-state index contributed by atoms with van der Waals surface area (Å²) in [5, 5.41) is 0. The van der Waals surface area contributed by atoms with Crippen molar-refractivity contribution in [2.45, 2.75) is 124 Å². The van der Waals surface area contributed by atoms with Crippen molar-refractivity contribution in [3.05, 3.63) is 47.0 Å². The second kappa shape index (κ2) is 7.84. The van der Waals surface area contributed by atoms with Gasteiger partial charge in [0.15, 0.2) is 0 Å². The van der Waals surface area contributed by atoms with Crippen molar-refractivity contribution in [3.63, 3.8) is 0 Å². The SMILES string of the molecule is CC1(C)Cc2cccc3c2[C@]1(C(=O)O[C@@H]1C[C@@H]2CC[C@@]1(C)C2(C)C)C=C[C@H]3C(=O)O[C@@H]1C[C@@H]2CC[C@@]1(C)C2(C)C. The number of ether oxygens (including phenoxy) is 2. The van der Waals surface area contributed by atoms with Gasteiger partial charge in [0.05, 0.1) is 0 Å². The molecule has 0 unspecified atom stereocenters. The first-order valence-corrected chi connectivity index (χ1v) is 15.8. The Bertz CT molecular complexity index is 1330. The summed E-state index contributed by atoms with van der Waals surface area (Å²) < 4.78 is 13.0. The highest BCUT2D eigenvalue weighted by molar-refractivity contribution is 5.93. The van der Waals surface area contributed by atoms with Gasteiger partial charge in [-0.05, 0) is 89.7 Å². The molecule has 4 nitrogen and oxygen atoms in total. The molecule has 0 saturated heterocycles. The Morgan fingerprint density at radius 1 is 0.800 bits per heavy atom. The number of benzene rings is 1. The molecule has 4 saturated carbocycles. The average molecular weight is 545 g/mol. The zero-order chi connectivity index (χ0) is 28.7. The molecule has 4 fully saturated rings. The normalized spacial score (nSPS) is 44.0. The van der Waals surface area contributed by atoms with Crippen molar-refractivity contribution in [3.8, 4) is 0 Å². The van der Waals surface area contributed by atoms with E-state index < -0.39 is 11.3 Å². The second-order valence-corrected chi connectivity index (χ2v) is 16.6. The molecular formula is C36H48O4. The summed E-state index contributed by atoms with van der Waals surface area (Å²) in [6.45, 7) is 18.4. The van der Waals surface area contributed by atoms with E-state index in [1.54, 1.807) is 0 Å². The molecule has 4 heteroatoms. The molecule has 6 aliphatic carbocycles. The lowest BCUT2D eigenvalue weighted by atomic mass is 9.61. The highest BCUT2D eigenvalue weighted by Gasteiger charge is 2.66. The Balaban J connectivity index is 1.21. The maximum absolute atomic E-state index is 14.5. The van der Waals surface area contributed by atoms with Gasteiger partial charge in [-0.2, -0.15) is 0 Å². The van der Waals surface area contributed by atoms with Crippen molar-refractivity contribution in [1.82, 2.24) is 0 Å². The molecule has 0 aliphatic heterocycles. The zero-order valence-corrected chi connectivity index (χ0v) is 25.9. The van der Waals surface area contributed by atoms with Gasteiger partial charge in [0, 0.05) is 10.8 Å². The van der Waals surface area contributed by atoms with E-state index in [1.165, 1.54) is 12.8 Å². The van der Waals surface area contributed by atoms with Gasteiger partial charge in [0.25, 0.3) is 0 Å². The first-order chi connectivity index (χ1) is 18.6. The fourth-order valence-corrected chi connectivity index (χ4v) is 10.8. The molecule has 0 spiro atoms. The number of esters is 2. The molecule has 0 heterocycles. The van der Waals surface area contributed by atoms with Crippen molar-refractivity contribution < 1.29 is 19.1 Å². The fraction of sp³-hybridized carbons (Fsp3) is 0.722. The Labute approximate surface area is 240 Å². The van der Waals surface area contributed by atoms with Gasteiger partial charge < -0.3 is 9.47 Å². The standard InChI is InChI=1S/C36H48O4/c1-31(2)20-21-10-9-11-24-25(29(37)39-26-18-22-12-15-34(26,7)32(22,3)4)14-17-36(31,28(21)24)30(38)40-27-19-23-13-16-35(27,8)33(23,5)6/h9-11,14,17,22-23,25-27H,12-13,15-16,18-20H2,1-8H3/t22-,23-,25+,26+,27+,34+,35+,36-/m0/s1. The molecule has 1 aromatic carbocycles. The predicted octanol–water partition coefficient (Wildman–Crippen LogP) is 7.68. The van der Waals surface area contributed by atoms with Crippen LogP contribution in [-0.4, -0.2) is 24.1 Å². The Kier molecular flexibility index (Phi) is 5.25. The van der Waals surface area contributed by atoms with Crippen LogP contribution in [0.5, 0.6) is 0 Å². The monoisotopic (exact) mass is 544 g/mol. The summed E-state index contributed by atoms with van der Waals surface area (Å²) >= 11 is 0. The number of hydrogen-bond donors (Lipinski definition) is 0. The topological polar surface area (TPSA) is 52.6 Å². The van der Waals surface area contributed by atoms with Crippen molar-refractivity contribution in [1.29, 1.82) is 0 Å². The van der Waals surface area contributed by atoms with Crippen molar-refractivity contribution >= 4 is 11.9 Å². The van der Waals surface area contributed by atoms with Crippen LogP contribution in [-0.2, 0) is 30.9 Å². The van der Waals surface area contributed by atoms with Gasteiger partial charge in [-0.25, -0.2) is 0 Å². The lowest BCUT2D eigenvalue weighted by Gasteiger charge is -2.44. The molecule has 1 aromatic rings.